The zero-order chi connectivity index (χ0) is 14.4. The van der Waals surface area contributed by atoms with Crippen LogP contribution >= 0.6 is 0 Å². The number of benzene rings is 2. The first-order valence-electron chi connectivity index (χ1n) is 6.73. The van der Waals surface area contributed by atoms with Crippen LogP contribution < -0.4 is 14.8 Å². The average molecular weight is 271 g/mol. The van der Waals surface area contributed by atoms with Gasteiger partial charge in [-0.05, 0) is 25.6 Å². The fourth-order valence-corrected chi connectivity index (χ4v) is 2.17. The molecule has 0 amide bonds. The highest BCUT2D eigenvalue weighted by atomic mass is 16.5. The molecule has 0 bridgehead atoms. The fraction of sp³-hybridized carbons (Fsp3) is 0.294. The Kier molecular flexibility index (Phi) is 5.02. The summed E-state index contributed by atoms with van der Waals surface area (Å²) in [5.74, 6) is 1.58. The normalized spacial score (nSPS) is 10.3. The molecule has 2 rings (SSSR count). The van der Waals surface area contributed by atoms with Crippen molar-refractivity contribution in [2.75, 3.05) is 14.2 Å². The Balaban J connectivity index is 2.19. The Morgan fingerprint density at radius 3 is 2.60 bits per heavy atom. The highest BCUT2D eigenvalue weighted by Crippen LogP contribution is 2.31. The lowest BCUT2D eigenvalue weighted by atomic mass is 10.1. The third-order valence-corrected chi connectivity index (χ3v) is 3.11. The molecule has 0 aromatic heterocycles. The number of ether oxygens (including phenoxy) is 2. The summed E-state index contributed by atoms with van der Waals surface area (Å²) in [6.07, 6.45) is 0. The maximum atomic E-state index is 5.99. The minimum atomic E-state index is 0.540. The van der Waals surface area contributed by atoms with E-state index in [1.165, 1.54) is 5.56 Å². The highest BCUT2D eigenvalue weighted by molar-refractivity contribution is 5.46. The molecule has 0 aliphatic heterocycles. The van der Waals surface area contributed by atoms with E-state index in [0.29, 0.717) is 6.61 Å². The van der Waals surface area contributed by atoms with Crippen LogP contribution in [0.5, 0.6) is 11.5 Å². The molecule has 3 heteroatoms. The third-order valence-electron chi connectivity index (χ3n) is 3.11. The number of para-hydroxylation sites is 1. The van der Waals surface area contributed by atoms with Crippen molar-refractivity contribution in [1.29, 1.82) is 0 Å². The van der Waals surface area contributed by atoms with Crippen LogP contribution in [0.1, 0.15) is 16.7 Å². The van der Waals surface area contributed by atoms with Crippen molar-refractivity contribution < 1.29 is 9.47 Å². The van der Waals surface area contributed by atoms with Crippen molar-refractivity contribution in [2.45, 2.75) is 20.1 Å². The molecule has 20 heavy (non-hydrogen) atoms. The van der Waals surface area contributed by atoms with Gasteiger partial charge in [0, 0.05) is 12.1 Å². The van der Waals surface area contributed by atoms with Crippen LogP contribution in [-0.2, 0) is 13.2 Å². The third kappa shape index (κ3) is 3.52. The average Bonchev–Trinajstić information content (AvgIpc) is 2.46. The molecule has 0 fully saturated rings. The fourth-order valence-electron chi connectivity index (χ4n) is 2.17. The number of rotatable bonds is 6. The van der Waals surface area contributed by atoms with E-state index in [2.05, 4.69) is 30.4 Å². The van der Waals surface area contributed by atoms with E-state index in [1.807, 2.05) is 31.3 Å². The van der Waals surface area contributed by atoms with Gasteiger partial charge < -0.3 is 14.8 Å². The standard InChI is InChI=1S/C17H21NO2/c1-13-6-4-7-14(10-13)12-20-17-15(11-18-2)8-5-9-16(17)19-3/h4-10,18H,11-12H2,1-3H3. The molecular formula is C17H21NO2. The maximum absolute atomic E-state index is 5.99. The van der Waals surface area contributed by atoms with Gasteiger partial charge in [0.1, 0.15) is 6.61 Å². The summed E-state index contributed by atoms with van der Waals surface area (Å²) in [4.78, 5) is 0. The van der Waals surface area contributed by atoms with Crippen LogP contribution in [0.3, 0.4) is 0 Å². The van der Waals surface area contributed by atoms with Crippen molar-refractivity contribution in [3.63, 3.8) is 0 Å². The Morgan fingerprint density at radius 2 is 1.90 bits per heavy atom. The second-order valence-electron chi connectivity index (χ2n) is 4.76. The monoisotopic (exact) mass is 271 g/mol. The van der Waals surface area contributed by atoms with E-state index in [9.17, 15) is 0 Å². The Hall–Kier alpha value is -2.00. The topological polar surface area (TPSA) is 30.5 Å². The van der Waals surface area contributed by atoms with E-state index >= 15 is 0 Å². The van der Waals surface area contributed by atoms with Gasteiger partial charge in [-0.15, -0.1) is 0 Å². The van der Waals surface area contributed by atoms with Gasteiger partial charge in [-0.3, -0.25) is 0 Å². The minimum absolute atomic E-state index is 0.540. The first-order valence-corrected chi connectivity index (χ1v) is 6.73. The van der Waals surface area contributed by atoms with Crippen LogP contribution in [0.2, 0.25) is 0 Å². The van der Waals surface area contributed by atoms with Gasteiger partial charge >= 0.3 is 0 Å². The molecule has 0 aliphatic rings. The maximum Gasteiger partial charge on any atom is 0.166 e. The first kappa shape index (κ1) is 14.4. The second kappa shape index (κ2) is 6.96. The summed E-state index contributed by atoms with van der Waals surface area (Å²) in [7, 11) is 3.59. The van der Waals surface area contributed by atoms with E-state index in [1.54, 1.807) is 7.11 Å². The van der Waals surface area contributed by atoms with Gasteiger partial charge in [0.05, 0.1) is 7.11 Å². The molecule has 2 aromatic carbocycles. The van der Waals surface area contributed by atoms with Gasteiger partial charge in [0.25, 0.3) is 0 Å². The van der Waals surface area contributed by atoms with Crippen LogP contribution in [0, 0.1) is 6.92 Å². The summed E-state index contributed by atoms with van der Waals surface area (Å²) in [5, 5.41) is 3.15. The molecule has 0 saturated heterocycles. The molecule has 0 aliphatic carbocycles. The molecule has 0 heterocycles. The van der Waals surface area contributed by atoms with Crippen molar-refractivity contribution in [2.24, 2.45) is 0 Å². The molecule has 0 radical (unpaired) electrons. The molecular weight excluding hydrogens is 250 g/mol. The summed E-state index contributed by atoms with van der Waals surface area (Å²) in [6, 6.07) is 14.3. The summed E-state index contributed by atoms with van der Waals surface area (Å²) < 4.78 is 11.4. The zero-order valence-electron chi connectivity index (χ0n) is 12.3. The van der Waals surface area contributed by atoms with Gasteiger partial charge in [0.2, 0.25) is 0 Å². The van der Waals surface area contributed by atoms with Crippen LogP contribution in [0.25, 0.3) is 0 Å². The van der Waals surface area contributed by atoms with Crippen molar-refractivity contribution in [1.82, 2.24) is 5.32 Å². The molecule has 0 atom stereocenters. The Morgan fingerprint density at radius 1 is 1.10 bits per heavy atom. The number of nitrogens with one attached hydrogen (secondary N) is 1. The lowest BCUT2D eigenvalue weighted by Crippen LogP contribution is -2.08. The molecule has 2 aromatic rings. The first-order chi connectivity index (χ1) is 9.74. The van der Waals surface area contributed by atoms with Crippen LogP contribution in [0.4, 0.5) is 0 Å². The zero-order valence-corrected chi connectivity index (χ0v) is 12.3. The summed E-state index contributed by atoms with van der Waals surface area (Å²) in [6.45, 7) is 3.37. The van der Waals surface area contributed by atoms with Crippen molar-refractivity contribution in [3.8, 4) is 11.5 Å². The molecule has 106 valence electrons. The van der Waals surface area contributed by atoms with Crippen molar-refractivity contribution >= 4 is 0 Å². The van der Waals surface area contributed by atoms with E-state index in [-0.39, 0.29) is 0 Å². The molecule has 3 nitrogen and oxygen atoms in total. The van der Waals surface area contributed by atoms with Gasteiger partial charge in [-0.1, -0.05) is 42.0 Å². The number of methoxy groups -OCH3 is 1. The van der Waals surface area contributed by atoms with Gasteiger partial charge in [-0.25, -0.2) is 0 Å². The highest BCUT2D eigenvalue weighted by Gasteiger charge is 2.10. The number of aryl methyl sites for hydroxylation is 1. The van der Waals surface area contributed by atoms with E-state index in [0.717, 1.165) is 29.2 Å². The van der Waals surface area contributed by atoms with E-state index < -0.39 is 0 Å². The lowest BCUT2D eigenvalue weighted by Gasteiger charge is -2.15. The minimum Gasteiger partial charge on any atom is -0.493 e. The summed E-state index contributed by atoms with van der Waals surface area (Å²) >= 11 is 0. The Bertz CT molecular complexity index is 567. The number of hydrogen-bond acceptors (Lipinski definition) is 3. The molecule has 0 spiro atoms. The second-order valence-corrected chi connectivity index (χ2v) is 4.76. The van der Waals surface area contributed by atoms with E-state index in [4.69, 9.17) is 9.47 Å². The van der Waals surface area contributed by atoms with Crippen LogP contribution in [0.15, 0.2) is 42.5 Å². The SMILES string of the molecule is CNCc1cccc(OC)c1OCc1cccc(C)c1. The number of hydrogen-bond donors (Lipinski definition) is 1. The molecule has 0 saturated carbocycles. The smallest absolute Gasteiger partial charge is 0.166 e. The van der Waals surface area contributed by atoms with Crippen LogP contribution in [-0.4, -0.2) is 14.2 Å². The quantitative estimate of drug-likeness (QED) is 0.874. The molecule has 1 N–H and O–H groups in total. The van der Waals surface area contributed by atoms with Gasteiger partial charge in [0.15, 0.2) is 11.5 Å². The summed E-state index contributed by atoms with van der Waals surface area (Å²) in [5.41, 5.74) is 3.49. The predicted molar refractivity (Wildman–Crippen MR) is 81.3 cm³/mol. The Labute approximate surface area is 120 Å². The predicted octanol–water partition coefficient (Wildman–Crippen LogP) is 3.30. The largest absolute Gasteiger partial charge is 0.493 e. The van der Waals surface area contributed by atoms with Crippen molar-refractivity contribution in [3.05, 3.63) is 59.2 Å². The van der Waals surface area contributed by atoms with Gasteiger partial charge in [-0.2, -0.15) is 0 Å². The lowest BCUT2D eigenvalue weighted by molar-refractivity contribution is 0.281. The molecule has 0 unspecified atom stereocenters.